The van der Waals surface area contributed by atoms with Gasteiger partial charge in [-0.25, -0.2) is 4.98 Å². The molecule has 2 amide bonds. The van der Waals surface area contributed by atoms with Gasteiger partial charge in [0.2, 0.25) is 0 Å². The number of anilines is 1. The fourth-order valence-corrected chi connectivity index (χ4v) is 5.46. The number of carbonyl (C=O) groups is 2. The molecule has 0 spiro atoms. The summed E-state index contributed by atoms with van der Waals surface area (Å²) < 4.78 is 4.52. The van der Waals surface area contributed by atoms with Crippen LogP contribution in [0.15, 0.2) is 48.7 Å². The quantitative estimate of drug-likeness (QED) is 0.807. The summed E-state index contributed by atoms with van der Waals surface area (Å²) in [6.45, 7) is 0.796. The van der Waals surface area contributed by atoms with Crippen LogP contribution in [0.1, 0.15) is 18.4 Å². The molecule has 2 aromatic rings. The number of methoxy groups -OCH3 is 1. The Hall–Kier alpha value is -2.54. The highest BCUT2D eigenvalue weighted by Gasteiger charge is 2.60. The van der Waals surface area contributed by atoms with E-state index in [1.165, 1.54) is 4.90 Å². The Morgan fingerprint density at radius 1 is 1.19 bits per heavy atom. The smallest absolute Gasteiger partial charge is 0.289 e. The van der Waals surface area contributed by atoms with E-state index in [0.717, 1.165) is 42.5 Å². The number of hydrogen-bond donors (Lipinski definition) is 0. The lowest BCUT2D eigenvalue weighted by molar-refractivity contribution is -0.129. The van der Waals surface area contributed by atoms with E-state index in [0.29, 0.717) is 5.75 Å². The third kappa shape index (κ3) is 2.68. The van der Waals surface area contributed by atoms with Gasteiger partial charge in [0.25, 0.3) is 11.1 Å². The van der Waals surface area contributed by atoms with E-state index in [4.69, 9.17) is 4.74 Å². The van der Waals surface area contributed by atoms with Crippen molar-refractivity contribution in [1.82, 2.24) is 9.88 Å². The summed E-state index contributed by atoms with van der Waals surface area (Å²) in [6, 6.07) is 13.1. The molecule has 0 radical (unpaired) electrons. The molecule has 1 aromatic heterocycles. The van der Waals surface area contributed by atoms with E-state index in [-0.39, 0.29) is 17.2 Å². The first-order valence-electron chi connectivity index (χ1n) is 8.92. The summed E-state index contributed by atoms with van der Waals surface area (Å²) in [4.78, 5) is 33.9. The molecule has 1 aromatic carbocycles. The number of thioether (sulfide) groups is 1. The minimum absolute atomic E-state index is 0.185. The fraction of sp³-hybridized carbons (Fsp3) is 0.350. The Labute approximate surface area is 162 Å². The summed E-state index contributed by atoms with van der Waals surface area (Å²) in [5.74, 6) is 1.24. The lowest BCUT2D eigenvalue weighted by Crippen LogP contribution is -2.51. The lowest BCUT2D eigenvalue weighted by atomic mass is 9.86. The Morgan fingerprint density at radius 2 is 1.96 bits per heavy atom. The van der Waals surface area contributed by atoms with Crippen LogP contribution < -0.4 is 9.64 Å². The second-order valence-corrected chi connectivity index (χ2v) is 7.90. The van der Waals surface area contributed by atoms with Crippen molar-refractivity contribution in [3.8, 4) is 5.75 Å². The zero-order valence-electron chi connectivity index (χ0n) is 15.3. The highest BCUT2D eigenvalue weighted by Crippen LogP contribution is 2.54. The summed E-state index contributed by atoms with van der Waals surface area (Å²) in [5.41, 5.74) is 0.744. The Morgan fingerprint density at radius 3 is 2.63 bits per heavy atom. The highest BCUT2D eigenvalue weighted by atomic mass is 32.2. The van der Waals surface area contributed by atoms with Gasteiger partial charge in [0, 0.05) is 25.4 Å². The predicted molar refractivity (Wildman–Crippen MR) is 105 cm³/mol. The van der Waals surface area contributed by atoms with Crippen LogP contribution in [0.5, 0.6) is 5.75 Å². The van der Waals surface area contributed by atoms with Crippen LogP contribution in [-0.4, -0.2) is 47.8 Å². The number of para-hydroxylation sites is 1. The van der Waals surface area contributed by atoms with Gasteiger partial charge >= 0.3 is 0 Å². The number of benzene rings is 1. The van der Waals surface area contributed by atoms with Gasteiger partial charge in [-0.3, -0.25) is 14.5 Å². The standard InChI is InChI=1S/C20H21N3O3S/c1-22-18(24)20(27-19(22)25,14-8-3-4-9-15(14)26-2)16-10-7-13-23(16)17-11-5-6-12-21-17/h3-6,8-9,11-12,16H,7,10,13H2,1-2H3/t16-,20?/m1/s1. The van der Waals surface area contributed by atoms with Gasteiger partial charge in [-0.1, -0.05) is 24.3 Å². The molecule has 2 fully saturated rings. The van der Waals surface area contributed by atoms with Crippen molar-refractivity contribution in [3.05, 3.63) is 54.2 Å². The fourth-order valence-electron chi connectivity index (χ4n) is 4.08. The maximum Gasteiger partial charge on any atom is 0.289 e. The van der Waals surface area contributed by atoms with Crippen molar-refractivity contribution in [1.29, 1.82) is 0 Å². The van der Waals surface area contributed by atoms with Crippen LogP contribution in [-0.2, 0) is 9.54 Å². The number of likely N-dealkylation sites (N-methyl/N-ethyl adjacent to an activating group) is 1. The second-order valence-electron chi connectivity index (χ2n) is 6.71. The average molecular weight is 383 g/mol. The molecule has 0 N–H and O–H groups in total. The number of ether oxygens (including phenoxy) is 1. The summed E-state index contributed by atoms with van der Waals surface area (Å²) in [6.07, 6.45) is 3.49. The topological polar surface area (TPSA) is 62.7 Å². The van der Waals surface area contributed by atoms with E-state index in [1.54, 1.807) is 20.4 Å². The van der Waals surface area contributed by atoms with Crippen molar-refractivity contribution in [2.75, 3.05) is 25.6 Å². The number of nitrogens with zero attached hydrogens (tertiary/aromatic N) is 3. The first kappa shape index (κ1) is 17.9. The molecule has 0 aliphatic carbocycles. The summed E-state index contributed by atoms with van der Waals surface area (Å²) >= 11 is 1.10. The molecule has 3 heterocycles. The van der Waals surface area contributed by atoms with Gasteiger partial charge in [0.15, 0.2) is 4.75 Å². The van der Waals surface area contributed by atoms with Gasteiger partial charge in [0.05, 0.1) is 13.2 Å². The molecule has 0 bridgehead atoms. The van der Waals surface area contributed by atoms with Gasteiger partial charge in [-0.15, -0.1) is 0 Å². The third-order valence-electron chi connectivity index (χ3n) is 5.32. The predicted octanol–water partition coefficient (Wildman–Crippen LogP) is 3.28. The second kappa shape index (κ2) is 6.88. The Bertz CT molecular complexity index is 876. The van der Waals surface area contributed by atoms with E-state index in [1.807, 2.05) is 42.5 Å². The Kier molecular flexibility index (Phi) is 4.55. The largest absolute Gasteiger partial charge is 0.496 e. The van der Waals surface area contributed by atoms with Gasteiger partial charge in [-0.2, -0.15) is 0 Å². The molecule has 140 valence electrons. The maximum atomic E-state index is 13.5. The average Bonchev–Trinajstić information content (AvgIpc) is 3.29. The minimum atomic E-state index is -1.05. The molecule has 2 atom stereocenters. The van der Waals surface area contributed by atoms with Crippen molar-refractivity contribution < 1.29 is 14.3 Å². The molecule has 1 unspecified atom stereocenters. The monoisotopic (exact) mass is 383 g/mol. The maximum absolute atomic E-state index is 13.5. The van der Waals surface area contributed by atoms with E-state index < -0.39 is 4.75 Å². The molecule has 7 heteroatoms. The molecule has 2 saturated heterocycles. The van der Waals surface area contributed by atoms with Crippen LogP contribution in [0.4, 0.5) is 10.6 Å². The zero-order chi connectivity index (χ0) is 19.0. The molecular weight excluding hydrogens is 362 g/mol. The molecule has 0 saturated carbocycles. The Balaban J connectivity index is 1.89. The first-order chi connectivity index (χ1) is 13.1. The van der Waals surface area contributed by atoms with Crippen molar-refractivity contribution in [2.24, 2.45) is 0 Å². The summed E-state index contributed by atoms with van der Waals surface area (Å²) in [5, 5.41) is -0.237. The number of rotatable bonds is 4. The van der Waals surface area contributed by atoms with Crippen LogP contribution in [0.2, 0.25) is 0 Å². The van der Waals surface area contributed by atoms with E-state index >= 15 is 0 Å². The molecule has 6 nitrogen and oxygen atoms in total. The molecule has 27 heavy (non-hydrogen) atoms. The number of pyridine rings is 1. The van der Waals surface area contributed by atoms with E-state index in [9.17, 15) is 9.59 Å². The molecular formula is C20H21N3O3S. The SMILES string of the molecule is COc1ccccc1C1([C@H]2CCCN2c2ccccn2)SC(=O)N(C)C1=O. The minimum Gasteiger partial charge on any atom is -0.496 e. The van der Waals surface area contributed by atoms with Crippen LogP contribution in [0.3, 0.4) is 0 Å². The molecule has 4 rings (SSSR count). The van der Waals surface area contributed by atoms with Crippen LogP contribution in [0.25, 0.3) is 0 Å². The molecule has 2 aliphatic rings. The van der Waals surface area contributed by atoms with Crippen LogP contribution in [0, 0.1) is 0 Å². The van der Waals surface area contributed by atoms with Crippen molar-refractivity contribution >= 4 is 28.7 Å². The molecule has 2 aliphatic heterocycles. The number of carbonyl (C=O) groups excluding carboxylic acids is 2. The van der Waals surface area contributed by atoms with E-state index in [2.05, 4.69) is 9.88 Å². The van der Waals surface area contributed by atoms with Gasteiger partial charge in [0.1, 0.15) is 11.6 Å². The van der Waals surface area contributed by atoms with Crippen molar-refractivity contribution in [3.63, 3.8) is 0 Å². The highest BCUT2D eigenvalue weighted by molar-refractivity contribution is 8.15. The first-order valence-corrected chi connectivity index (χ1v) is 9.73. The third-order valence-corrected chi connectivity index (χ3v) is 6.75. The van der Waals surface area contributed by atoms with Crippen molar-refractivity contribution in [2.45, 2.75) is 23.6 Å². The van der Waals surface area contributed by atoms with Crippen LogP contribution >= 0.6 is 11.8 Å². The number of imide groups is 1. The summed E-state index contributed by atoms with van der Waals surface area (Å²) in [7, 11) is 3.14. The number of amides is 2. The zero-order valence-corrected chi connectivity index (χ0v) is 16.1. The normalized spacial score (nSPS) is 25.3. The van der Waals surface area contributed by atoms with Gasteiger partial charge < -0.3 is 9.64 Å². The lowest BCUT2D eigenvalue weighted by Gasteiger charge is -2.38. The number of hydrogen-bond acceptors (Lipinski definition) is 6. The van der Waals surface area contributed by atoms with Gasteiger partial charge in [-0.05, 0) is 42.8 Å². The number of aromatic nitrogens is 1.